The van der Waals surface area contributed by atoms with Gasteiger partial charge in [0, 0.05) is 19.8 Å². The molecule has 1 N–H and O–H groups in total. The molecule has 0 aliphatic heterocycles. The topological polar surface area (TPSA) is 69.0 Å². The first-order valence-corrected chi connectivity index (χ1v) is 9.10. The molecule has 2 aromatic heterocycles. The van der Waals surface area contributed by atoms with Crippen molar-refractivity contribution < 1.29 is 9.53 Å². The minimum Gasteiger partial charge on any atom is -0.382 e. The first-order chi connectivity index (χ1) is 12.3. The molecule has 0 aliphatic rings. The molecule has 0 fully saturated rings. The van der Waals surface area contributed by atoms with Gasteiger partial charge in [-0.3, -0.25) is 4.79 Å². The van der Waals surface area contributed by atoms with Crippen LogP contribution in [0.4, 0.5) is 0 Å². The Morgan fingerprint density at radius 1 is 1.24 bits per heavy atom. The van der Waals surface area contributed by atoms with Crippen molar-refractivity contribution in [2.45, 2.75) is 13.3 Å². The predicted octanol–water partition coefficient (Wildman–Crippen LogP) is 3.15. The van der Waals surface area contributed by atoms with Crippen LogP contribution in [0, 0.1) is 0 Å². The van der Waals surface area contributed by atoms with Crippen LogP contribution in [0.3, 0.4) is 0 Å². The summed E-state index contributed by atoms with van der Waals surface area (Å²) in [5.41, 5.74) is 0.869. The smallest absolute Gasteiger partial charge is 0.290 e. The van der Waals surface area contributed by atoms with E-state index in [1.165, 1.54) is 0 Å². The second-order valence-electron chi connectivity index (χ2n) is 5.29. The minimum absolute atomic E-state index is 0.170. The number of hydrogen-bond acceptors (Lipinski definition) is 5. The molecule has 2 heterocycles. The van der Waals surface area contributed by atoms with Crippen LogP contribution in [0.2, 0.25) is 0 Å². The number of amides is 1. The zero-order valence-electron chi connectivity index (χ0n) is 14.0. The zero-order chi connectivity index (χ0) is 17.5. The number of aromatic nitrogens is 3. The van der Waals surface area contributed by atoms with E-state index in [0.29, 0.717) is 25.6 Å². The molecule has 3 rings (SSSR count). The van der Waals surface area contributed by atoms with Gasteiger partial charge in [-0.25, -0.2) is 9.67 Å². The van der Waals surface area contributed by atoms with E-state index < -0.39 is 0 Å². The number of para-hydroxylation sites is 1. The van der Waals surface area contributed by atoms with Crippen molar-refractivity contribution in [1.82, 2.24) is 20.1 Å². The van der Waals surface area contributed by atoms with Crippen LogP contribution in [0.5, 0.6) is 0 Å². The number of thiophene rings is 1. The lowest BCUT2D eigenvalue weighted by Gasteiger charge is -2.03. The first-order valence-electron chi connectivity index (χ1n) is 8.22. The second kappa shape index (κ2) is 8.55. The van der Waals surface area contributed by atoms with Gasteiger partial charge in [0.1, 0.15) is 0 Å². The molecule has 0 unspecified atom stereocenters. The largest absolute Gasteiger partial charge is 0.382 e. The Hall–Kier alpha value is -2.51. The van der Waals surface area contributed by atoms with Crippen LogP contribution < -0.4 is 5.32 Å². The SMILES string of the molecule is CCOCCCNC(=O)c1nc(-c2cccs2)n(-c2ccccc2)n1. The molecule has 3 aromatic rings. The van der Waals surface area contributed by atoms with Crippen LogP contribution in [0.15, 0.2) is 47.8 Å². The van der Waals surface area contributed by atoms with Gasteiger partial charge < -0.3 is 10.1 Å². The maximum absolute atomic E-state index is 12.4. The van der Waals surface area contributed by atoms with E-state index in [2.05, 4.69) is 15.4 Å². The highest BCUT2D eigenvalue weighted by Crippen LogP contribution is 2.25. The molecule has 7 heteroatoms. The van der Waals surface area contributed by atoms with Gasteiger partial charge in [-0.2, -0.15) is 0 Å². The highest BCUT2D eigenvalue weighted by Gasteiger charge is 2.18. The van der Waals surface area contributed by atoms with E-state index in [9.17, 15) is 4.79 Å². The van der Waals surface area contributed by atoms with Gasteiger partial charge in [0.15, 0.2) is 5.82 Å². The van der Waals surface area contributed by atoms with Crippen LogP contribution in [-0.4, -0.2) is 40.4 Å². The first kappa shape index (κ1) is 17.3. The van der Waals surface area contributed by atoms with Crippen molar-refractivity contribution in [3.8, 4) is 16.4 Å². The molecule has 130 valence electrons. The number of hydrogen-bond donors (Lipinski definition) is 1. The summed E-state index contributed by atoms with van der Waals surface area (Å²) in [5.74, 6) is 0.563. The molecule has 1 amide bonds. The van der Waals surface area contributed by atoms with Crippen LogP contribution in [0.25, 0.3) is 16.4 Å². The van der Waals surface area contributed by atoms with Gasteiger partial charge in [-0.15, -0.1) is 16.4 Å². The van der Waals surface area contributed by atoms with Crippen molar-refractivity contribution in [3.63, 3.8) is 0 Å². The van der Waals surface area contributed by atoms with Crippen LogP contribution in [-0.2, 0) is 4.74 Å². The van der Waals surface area contributed by atoms with Gasteiger partial charge in [-0.1, -0.05) is 24.3 Å². The normalized spacial score (nSPS) is 10.8. The molecule has 0 saturated heterocycles. The summed E-state index contributed by atoms with van der Waals surface area (Å²) in [5, 5.41) is 9.24. The fourth-order valence-electron chi connectivity index (χ4n) is 2.32. The molecule has 0 spiro atoms. The zero-order valence-corrected chi connectivity index (χ0v) is 14.8. The van der Waals surface area contributed by atoms with E-state index in [0.717, 1.165) is 17.0 Å². The van der Waals surface area contributed by atoms with Crippen LogP contribution >= 0.6 is 11.3 Å². The van der Waals surface area contributed by atoms with Crippen LogP contribution in [0.1, 0.15) is 24.0 Å². The standard InChI is InChI=1S/C18H20N4O2S/c1-2-24-12-7-11-19-18(23)16-20-17(15-10-6-13-25-15)22(21-16)14-8-4-3-5-9-14/h3-6,8-10,13H,2,7,11-12H2,1H3,(H,19,23). The Labute approximate surface area is 150 Å². The predicted molar refractivity (Wildman–Crippen MR) is 98.1 cm³/mol. The van der Waals surface area contributed by atoms with Gasteiger partial charge in [0.05, 0.1) is 10.6 Å². The van der Waals surface area contributed by atoms with Crippen molar-refractivity contribution in [3.05, 3.63) is 53.7 Å². The summed E-state index contributed by atoms with van der Waals surface area (Å²) in [7, 11) is 0. The Balaban J connectivity index is 1.80. The third-order valence-electron chi connectivity index (χ3n) is 3.51. The number of ether oxygens (including phenoxy) is 1. The Morgan fingerprint density at radius 2 is 2.08 bits per heavy atom. The van der Waals surface area contributed by atoms with Gasteiger partial charge in [-0.05, 0) is 36.9 Å². The molecular formula is C18H20N4O2S. The molecule has 0 bridgehead atoms. The Kier molecular flexibility index (Phi) is 5.92. The van der Waals surface area contributed by atoms with Crippen molar-refractivity contribution in [1.29, 1.82) is 0 Å². The summed E-state index contributed by atoms with van der Waals surface area (Å²) >= 11 is 1.57. The lowest BCUT2D eigenvalue weighted by molar-refractivity contribution is 0.0934. The number of rotatable bonds is 8. The Morgan fingerprint density at radius 3 is 2.80 bits per heavy atom. The van der Waals surface area contributed by atoms with E-state index in [-0.39, 0.29) is 11.7 Å². The fourth-order valence-corrected chi connectivity index (χ4v) is 3.02. The van der Waals surface area contributed by atoms with E-state index in [1.807, 2.05) is 54.8 Å². The van der Waals surface area contributed by atoms with E-state index in [4.69, 9.17) is 4.74 Å². The molecule has 6 nitrogen and oxygen atoms in total. The molecular weight excluding hydrogens is 336 g/mol. The van der Waals surface area contributed by atoms with Gasteiger partial charge in [0.25, 0.3) is 5.91 Å². The van der Waals surface area contributed by atoms with Crippen molar-refractivity contribution in [2.24, 2.45) is 0 Å². The summed E-state index contributed by atoms with van der Waals surface area (Å²) in [6.45, 7) is 3.79. The summed E-state index contributed by atoms with van der Waals surface area (Å²) in [6, 6.07) is 13.6. The van der Waals surface area contributed by atoms with E-state index >= 15 is 0 Å². The minimum atomic E-state index is -0.274. The second-order valence-corrected chi connectivity index (χ2v) is 6.24. The lowest BCUT2D eigenvalue weighted by Crippen LogP contribution is -2.26. The average Bonchev–Trinajstić information content (AvgIpc) is 3.31. The quantitative estimate of drug-likeness (QED) is 0.630. The van der Waals surface area contributed by atoms with Crippen molar-refractivity contribution in [2.75, 3.05) is 19.8 Å². The molecule has 0 radical (unpaired) electrons. The number of carbonyl (C=O) groups is 1. The number of carbonyl (C=O) groups excluding carboxylic acids is 1. The molecule has 0 saturated carbocycles. The molecule has 1 aromatic carbocycles. The molecule has 0 aliphatic carbocycles. The third-order valence-corrected chi connectivity index (χ3v) is 4.37. The summed E-state index contributed by atoms with van der Waals surface area (Å²) < 4.78 is 6.98. The fraction of sp³-hybridized carbons (Fsp3) is 0.278. The third kappa shape index (κ3) is 4.32. The molecule has 0 atom stereocenters. The average molecular weight is 356 g/mol. The number of nitrogens with one attached hydrogen (secondary N) is 1. The number of benzene rings is 1. The van der Waals surface area contributed by atoms with Gasteiger partial charge >= 0.3 is 0 Å². The lowest BCUT2D eigenvalue weighted by atomic mass is 10.3. The summed E-state index contributed by atoms with van der Waals surface area (Å²) in [4.78, 5) is 17.8. The summed E-state index contributed by atoms with van der Waals surface area (Å²) in [6.07, 6.45) is 0.761. The number of nitrogens with zero attached hydrogens (tertiary/aromatic N) is 3. The maximum atomic E-state index is 12.4. The monoisotopic (exact) mass is 356 g/mol. The highest BCUT2D eigenvalue weighted by atomic mass is 32.1. The Bertz CT molecular complexity index is 800. The highest BCUT2D eigenvalue weighted by molar-refractivity contribution is 7.13. The van der Waals surface area contributed by atoms with Crippen molar-refractivity contribution >= 4 is 17.2 Å². The van der Waals surface area contributed by atoms with E-state index in [1.54, 1.807) is 16.0 Å². The maximum Gasteiger partial charge on any atom is 0.290 e. The molecule has 25 heavy (non-hydrogen) atoms. The van der Waals surface area contributed by atoms with Gasteiger partial charge in [0.2, 0.25) is 5.82 Å².